The van der Waals surface area contributed by atoms with Crippen molar-refractivity contribution in [3.05, 3.63) is 59.7 Å². The molecule has 4 nitrogen and oxygen atoms in total. The molecule has 1 aliphatic heterocycles. The zero-order valence-corrected chi connectivity index (χ0v) is 15.5. The van der Waals surface area contributed by atoms with Crippen LogP contribution in [0.25, 0.3) is 0 Å². The van der Waals surface area contributed by atoms with E-state index in [0.29, 0.717) is 6.04 Å². The van der Waals surface area contributed by atoms with E-state index in [2.05, 4.69) is 20.2 Å². The summed E-state index contributed by atoms with van der Waals surface area (Å²) in [5.41, 5.74) is 2.20. The molecule has 1 N–H and O–H groups in total. The van der Waals surface area contributed by atoms with Gasteiger partial charge in [-0.3, -0.25) is 4.90 Å². The van der Waals surface area contributed by atoms with Gasteiger partial charge in [0.2, 0.25) is 0 Å². The lowest BCUT2D eigenvalue weighted by molar-refractivity contribution is 0.151. The van der Waals surface area contributed by atoms with E-state index >= 15 is 0 Å². The highest BCUT2D eigenvalue weighted by Gasteiger charge is 2.21. The fraction of sp³-hybridized carbons (Fsp3) is 0.474. The summed E-state index contributed by atoms with van der Waals surface area (Å²) in [6.07, 6.45) is 6.17. The zero-order chi connectivity index (χ0) is 17.5. The molecule has 1 aromatic heterocycles. The number of aromatic nitrogens is 2. The lowest BCUT2D eigenvalue weighted by atomic mass is 10.0. The van der Waals surface area contributed by atoms with Gasteiger partial charge in [0.25, 0.3) is 6.43 Å². The lowest BCUT2D eigenvalue weighted by Crippen LogP contribution is -2.35. The van der Waals surface area contributed by atoms with Crippen molar-refractivity contribution in [2.75, 3.05) is 13.1 Å². The average Bonchev–Trinajstić information content (AvgIpc) is 2.92. The van der Waals surface area contributed by atoms with Gasteiger partial charge in [0.1, 0.15) is 6.33 Å². The molecule has 0 aliphatic carbocycles. The number of nitrogens with zero attached hydrogens (tertiary/aromatic N) is 3. The van der Waals surface area contributed by atoms with E-state index in [-0.39, 0.29) is 18.0 Å². The lowest BCUT2D eigenvalue weighted by Gasteiger charge is -2.31. The topological polar surface area (TPSA) is 41.1 Å². The van der Waals surface area contributed by atoms with E-state index in [0.717, 1.165) is 56.6 Å². The summed E-state index contributed by atoms with van der Waals surface area (Å²) < 4.78 is 25.5. The Morgan fingerprint density at radius 2 is 1.69 bits per heavy atom. The van der Waals surface area contributed by atoms with Crippen molar-refractivity contribution in [2.24, 2.45) is 0 Å². The Kier molecular flexibility index (Phi) is 8.35. The fourth-order valence-corrected chi connectivity index (χ4v) is 3.33. The summed E-state index contributed by atoms with van der Waals surface area (Å²) in [4.78, 5) is 10.6. The van der Waals surface area contributed by atoms with Crippen molar-refractivity contribution in [1.82, 2.24) is 20.2 Å². The largest absolute Gasteiger partial charge is 0.317 e. The molecule has 0 saturated carbocycles. The van der Waals surface area contributed by atoms with E-state index in [9.17, 15) is 8.78 Å². The monoisotopic (exact) mass is 382 g/mol. The number of nitrogens with one attached hydrogen (secondary N) is 1. The molecule has 142 valence electrons. The Labute approximate surface area is 159 Å². The van der Waals surface area contributed by atoms with Crippen LogP contribution in [0, 0.1) is 0 Å². The molecule has 3 rings (SSSR count). The smallest absolute Gasteiger partial charge is 0.263 e. The molecule has 0 spiro atoms. The average molecular weight is 383 g/mol. The van der Waals surface area contributed by atoms with Gasteiger partial charge in [0, 0.05) is 42.7 Å². The number of hydrogen-bond acceptors (Lipinski definition) is 4. The molecule has 2 heterocycles. The number of benzene rings is 1. The molecule has 26 heavy (non-hydrogen) atoms. The van der Waals surface area contributed by atoms with Crippen molar-refractivity contribution in [2.45, 2.75) is 44.8 Å². The number of halogens is 3. The molecule has 1 unspecified atom stereocenters. The summed E-state index contributed by atoms with van der Waals surface area (Å²) in [5.74, 6) is 0. The first kappa shape index (κ1) is 20.7. The van der Waals surface area contributed by atoms with Crippen molar-refractivity contribution < 1.29 is 8.78 Å². The Hall–Kier alpha value is -1.63. The van der Waals surface area contributed by atoms with Crippen LogP contribution in [0.3, 0.4) is 0 Å². The fourth-order valence-electron chi connectivity index (χ4n) is 3.33. The first-order chi connectivity index (χ1) is 12.2. The van der Waals surface area contributed by atoms with Gasteiger partial charge < -0.3 is 5.32 Å². The number of alkyl halides is 2. The van der Waals surface area contributed by atoms with Crippen molar-refractivity contribution >= 4 is 12.4 Å². The second-order valence-electron chi connectivity index (χ2n) is 6.53. The summed E-state index contributed by atoms with van der Waals surface area (Å²) in [7, 11) is 0. The minimum atomic E-state index is -2.42. The normalized spacial score (nSPS) is 17.8. The highest BCUT2D eigenvalue weighted by atomic mass is 35.5. The molecule has 1 aliphatic rings. The predicted molar refractivity (Wildman–Crippen MR) is 100 cm³/mol. The van der Waals surface area contributed by atoms with Crippen LogP contribution in [-0.4, -0.2) is 34.0 Å². The van der Waals surface area contributed by atoms with E-state index in [1.165, 1.54) is 18.5 Å². The van der Waals surface area contributed by atoms with Gasteiger partial charge in [-0.2, -0.15) is 0 Å². The third kappa shape index (κ3) is 5.97. The highest BCUT2D eigenvalue weighted by molar-refractivity contribution is 5.85. The van der Waals surface area contributed by atoms with Gasteiger partial charge >= 0.3 is 0 Å². The minimum absolute atomic E-state index is 0. The molecule has 0 amide bonds. The number of rotatable bonds is 6. The van der Waals surface area contributed by atoms with Gasteiger partial charge in [0.15, 0.2) is 0 Å². The highest BCUT2D eigenvalue weighted by Crippen LogP contribution is 2.22. The SMILES string of the molecule is Cl.FC(F)c1ccc(CN(Cc2cncnc2)C2CCCNCC2)cc1. The third-order valence-electron chi connectivity index (χ3n) is 4.68. The minimum Gasteiger partial charge on any atom is -0.317 e. The maximum Gasteiger partial charge on any atom is 0.263 e. The maximum atomic E-state index is 12.8. The van der Waals surface area contributed by atoms with Gasteiger partial charge in [-0.15, -0.1) is 12.4 Å². The molecule has 0 radical (unpaired) electrons. The Balaban J connectivity index is 0.00000243. The van der Waals surface area contributed by atoms with Gasteiger partial charge in [-0.1, -0.05) is 24.3 Å². The Bertz CT molecular complexity index is 632. The van der Waals surface area contributed by atoms with Gasteiger partial charge in [-0.05, 0) is 37.9 Å². The molecular formula is C19H25ClF2N4. The predicted octanol–water partition coefficient (Wildman–Crippen LogP) is 3.98. The summed E-state index contributed by atoms with van der Waals surface area (Å²) in [6.45, 7) is 3.57. The van der Waals surface area contributed by atoms with Crippen molar-refractivity contribution in [3.63, 3.8) is 0 Å². The van der Waals surface area contributed by atoms with Gasteiger partial charge in [-0.25, -0.2) is 18.7 Å². The number of hydrogen-bond donors (Lipinski definition) is 1. The maximum absolute atomic E-state index is 12.8. The first-order valence-corrected chi connectivity index (χ1v) is 8.78. The zero-order valence-electron chi connectivity index (χ0n) is 14.7. The standard InChI is InChI=1S/C19H24F2N4.ClH/c20-19(21)17-5-3-15(4-6-17)12-25(13-16-10-23-14-24-11-16)18-2-1-8-22-9-7-18;/h3-6,10-11,14,18-19,22H,1-2,7-9,12-13H2;1H. The van der Waals surface area contributed by atoms with Crippen LogP contribution in [0.5, 0.6) is 0 Å². The summed E-state index contributed by atoms with van der Waals surface area (Å²) >= 11 is 0. The molecule has 7 heteroatoms. The molecular weight excluding hydrogens is 358 g/mol. The molecule has 1 aromatic carbocycles. The van der Waals surface area contributed by atoms with Crippen LogP contribution in [0.1, 0.15) is 42.4 Å². The second kappa shape index (κ2) is 10.5. The van der Waals surface area contributed by atoms with Crippen LogP contribution in [0.15, 0.2) is 43.0 Å². The van der Waals surface area contributed by atoms with Crippen LogP contribution in [0.2, 0.25) is 0 Å². The van der Waals surface area contributed by atoms with Crippen molar-refractivity contribution in [3.8, 4) is 0 Å². The third-order valence-corrected chi connectivity index (χ3v) is 4.68. The van der Waals surface area contributed by atoms with E-state index in [1.807, 2.05) is 24.5 Å². The molecule has 1 atom stereocenters. The van der Waals surface area contributed by atoms with Crippen LogP contribution in [-0.2, 0) is 13.1 Å². The quantitative estimate of drug-likeness (QED) is 0.820. The van der Waals surface area contributed by atoms with E-state index < -0.39 is 6.43 Å². The molecule has 1 saturated heterocycles. The van der Waals surface area contributed by atoms with Crippen LogP contribution < -0.4 is 5.32 Å². The molecule has 1 fully saturated rings. The first-order valence-electron chi connectivity index (χ1n) is 8.78. The van der Waals surface area contributed by atoms with E-state index in [4.69, 9.17) is 0 Å². The Morgan fingerprint density at radius 1 is 1.00 bits per heavy atom. The molecule has 2 aromatic rings. The van der Waals surface area contributed by atoms with E-state index in [1.54, 1.807) is 0 Å². The van der Waals surface area contributed by atoms with Gasteiger partial charge in [0.05, 0.1) is 0 Å². The van der Waals surface area contributed by atoms with Crippen LogP contribution >= 0.6 is 12.4 Å². The summed E-state index contributed by atoms with van der Waals surface area (Å²) in [6, 6.07) is 7.14. The van der Waals surface area contributed by atoms with Crippen LogP contribution in [0.4, 0.5) is 8.78 Å². The molecule has 0 bridgehead atoms. The van der Waals surface area contributed by atoms with Crippen molar-refractivity contribution in [1.29, 1.82) is 0 Å². The second-order valence-corrected chi connectivity index (χ2v) is 6.53. The Morgan fingerprint density at radius 3 is 2.38 bits per heavy atom. The summed E-state index contributed by atoms with van der Waals surface area (Å²) in [5, 5.41) is 3.45.